The number of aryl methyl sites for hydroxylation is 1. The van der Waals surface area contributed by atoms with E-state index in [-0.39, 0.29) is 12.5 Å². The summed E-state index contributed by atoms with van der Waals surface area (Å²) in [5, 5.41) is 0. The summed E-state index contributed by atoms with van der Waals surface area (Å²) in [6.45, 7) is 0.396. The number of hydrogen-bond acceptors (Lipinski definition) is 3. The lowest BCUT2D eigenvalue weighted by atomic mass is 10.0. The molecule has 0 aliphatic carbocycles. The van der Waals surface area contributed by atoms with Crippen LogP contribution in [0.1, 0.15) is 17.5 Å². The second kappa shape index (κ2) is 8.12. The zero-order valence-corrected chi connectivity index (χ0v) is 15.2. The van der Waals surface area contributed by atoms with Crippen LogP contribution in [0.3, 0.4) is 0 Å². The van der Waals surface area contributed by atoms with E-state index in [4.69, 9.17) is 4.74 Å². The molecule has 2 aromatic carbocycles. The highest BCUT2D eigenvalue weighted by atomic mass is 79.9. The van der Waals surface area contributed by atoms with Gasteiger partial charge in [-0.3, -0.25) is 4.79 Å². The number of rotatable bonds is 4. The summed E-state index contributed by atoms with van der Waals surface area (Å²) < 4.78 is 5.99. The molecule has 2 aromatic rings. The fourth-order valence-corrected chi connectivity index (χ4v) is 3.24. The number of carbonyl (C=O) groups excluding carboxylic acids is 2. The monoisotopic (exact) mass is 399 g/mol. The van der Waals surface area contributed by atoms with Crippen LogP contribution in [0.2, 0.25) is 0 Å². The summed E-state index contributed by atoms with van der Waals surface area (Å²) in [5.41, 5.74) is 2.94. The first-order valence-corrected chi connectivity index (χ1v) is 8.92. The number of benzene rings is 2. The minimum Gasteiger partial charge on any atom is -0.452 e. The van der Waals surface area contributed by atoms with Crippen molar-refractivity contribution in [3.63, 3.8) is 0 Å². The van der Waals surface area contributed by atoms with Crippen LogP contribution in [0.5, 0.6) is 0 Å². The SMILES string of the molecule is O=C(/C=C/c1ccccc1Br)OCC(=O)N1CCCc2ccccc21. The maximum Gasteiger partial charge on any atom is 0.331 e. The number of anilines is 1. The van der Waals surface area contributed by atoms with Crippen LogP contribution < -0.4 is 4.90 Å². The van der Waals surface area contributed by atoms with Crippen LogP contribution in [-0.2, 0) is 20.7 Å². The molecule has 4 nitrogen and oxygen atoms in total. The normalized spacial score (nSPS) is 13.6. The Kier molecular flexibility index (Phi) is 5.66. The van der Waals surface area contributed by atoms with Crippen molar-refractivity contribution >= 4 is 39.6 Å². The Hall–Kier alpha value is -2.40. The van der Waals surface area contributed by atoms with E-state index >= 15 is 0 Å². The van der Waals surface area contributed by atoms with Crippen molar-refractivity contribution in [3.05, 3.63) is 70.2 Å². The van der Waals surface area contributed by atoms with E-state index in [1.165, 1.54) is 6.08 Å². The zero-order chi connectivity index (χ0) is 17.6. The van der Waals surface area contributed by atoms with Crippen LogP contribution >= 0.6 is 15.9 Å². The van der Waals surface area contributed by atoms with E-state index in [2.05, 4.69) is 15.9 Å². The highest BCUT2D eigenvalue weighted by Crippen LogP contribution is 2.26. The number of hydrogen-bond donors (Lipinski definition) is 0. The van der Waals surface area contributed by atoms with Crippen LogP contribution in [0.4, 0.5) is 5.69 Å². The van der Waals surface area contributed by atoms with Crippen molar-refractivity contribution in [2.24, 2.45) is 0 Å². The second-order valence-corrected chi connectivity index (χ2v) is 6.59. The Morgan fingerprint density at radius 3 is 2.72 bits per heavy atom. The topological polar surface area (TPSA) is 46.6 Å². The van der Waals surface area contributed by atoms with Crippen LogP contribution in [0.15, 0.2) is 59.1 Å². The summed E-state index contributed by atoms with van der Waals surface area (Å²) >= 11 is 3.41. The van der Waals surface area contributed by atoms with E-state index < -0.39 is 5.97 Å². The first kappa shape index (κ1) is 17.4. The summed E-state index contributed by atoms with van der Waals surface area (Å²) in [5.74, 6) is -0.732. The van der Waals surface area contributed by atoms with Gasteiger partial charge < -0.3 is 9.64 Å². The highest BCUT2D eigenvalue weighted by molar-refractivity contribution is 9.10. The van der Waals surface area contributed by atoms with Crippen molar-refractivity contribution in [2.75, 3.05) is 18.1 Å². The molecule has 0 fully saturated rings. The Labute approximate surface area is 155 Å². The number of fused-ring (bicyclic) bond motifs is 1. The predicted octanol–water partition coefficient (Wildman–Crippen LogP) is 3.98. The van der Waals surface area contributed by atoms with E-state index in [0.29, 0.717) is 6.54 Å². The molecule has 3 rings (SSSR count). The smallest absolute Gasteiger partial charge is 0.331 e. The third kappa shape index (κ3) is 4.37. The largest absolute Gasteiger partial charge is 0.452 e. The molecule has 0 unspecified atom stereocenters. The molecule has 0 spiro atoms. The third-order valence-electron chi connectivity index (χ3n) is 4.05. The van der Waals surface area contributed by atoms with E-state index in [9.17, 15) is 9.59 Å². The first-order chi connectivity index (χ1) is 12.1. The van der Waals surface area contributed by atoms with Crippen LogP contribution in [-0.4, -0.2) is 25.0 Å². The average molecular weight is 400 g/mol. The number of nitrogens with zero attached hydrogens (tertiary/aromatic N) is 1. The van der Waals surface area contributed by atoms with Gasteiger partial charge in [0.2, 0.25) is 0 Å². The second-order valence-electron chi connectivity index (χ2n) is 5.74. The molecule has 1 aliphatic heterocycles. The lowest BCUT2D eigenvalue weighted by Gasteiger charge is -2.29. The third-order valence-corrected chi connectivity index (χ3v) is 4.78. The molecular formula is C20H18BrNO3. The van der Waals surface area contributed by atoms with Gasteiger partial charge in [-0.05, 0) is 42.2 Å². The van der Waals surface area contributed by atoms with Gasteiger partial charge >= 0.3 is 5.97 Å². The zero-order valence-electron chi connectivity index (χ0n) is 13.7. The van der Waals surface area contributed by atoms with Gasteiger partial charge in [0.05, 0.1) is 0 Å². The molecule has 0 radical (unpaired) electrons. The number of halogens is 1. The Balaban J connectivity index is 1.58. The first-order valence-electron chi connectivity index (χ1n) is 8.13. The lowest BCUT2D eigenvalue weighted by Crippen LogP contribution is -2.38. The molecular weight excluding hydrogens is 382 g/mol. The molecule has 1 aliphatic rings. The predicted molar refractivity (Wildman–Crippen MR) is 101 cm³/mol. The molecule has 0 saturated carbocycles. The van der Waals surface area contributed by atoms with E-state index in [1.807, 2.05) is 48.5 Å². The minimum absolute atomic E-state index is 0.199. The summed E-state index contributed by atoms with van der Waals surface area (Å²) in [6, 6.07) is 15.4. The van der Waals surface area contributed by atoms with Crippen molar-refractivity contribution in [3.8, 4) is 0 Å². The van der Waals surface area contributed by atoms with Gasteiger partial charge in [-0.25, -0.2) is 4.79 Å². The van der Waals surface area contributed by atoms with Gasteiger partial charge in [-0.2, -0.15) is 0 Å². The summed E-state index contributed by atoms with van der Waals surface area (Å²) in [7, 11) is 0. The average Bonchev–Trinajstić information content (AvgIpc) is 2.65. The fourth-order valence-electron chi connectivity index (χ4n) is 2.82. The molecule has 0 saturated heterocycles. The Morgan fingerprint density at radius 1 is 1.12 bits per heavy atom. The molecule has 1 heterocycles. The van der Waals surface area contributed by atoms with Gasteiger partial charge in [0.15, 0.2) is 6.61 Å². The van der Waals surface area contributed by atoms with Gasteiger partial charge in [0.25, 0.3) is 5.91 Å². The Bertz CT molecular complexity index is 816. The van der Waals surface area contributed by atoms with Crippen molar-refractivity contribution in [1.29, 1.82) is 0 Å². The summed E-state index contributed by atoms with van der Waals surface area (Å²) in [6.07, 6.45) is 4.87. The van der Waals surface area contributed by atoms with E-state index in [0.717, 1.165) is 34.1 Å². The lowest BCUT2D eigenvalue weighted by molar-refractivity contribution is -0.142. The number of ether oxygens (including phenoxy) is 1. The molecule has 0 bridgehead atoms. The van der Waals surface area contributed by atoms with Crippen LogP contribution in [0, 0.1) is 0 Å². The molecule has 128 valence electrons. The van der Waals surface area contributed by atoms with Gasteiger partial charge in [0.1, 0.15) is 0 Å². The Morgan fingerprint density at radius 2 is 1.88 bits per heavy atom. The standard InChI is InChI=1S/C20H18BrNO3/c21-17-9-3-1-6-15(17)11-12-20(24)25-14-19(23)22-13-5-8-16-7-2-4-10-18(16)22/h1-4,6-7,9-12H,5,8,13-14H2/b12-11+. The van der Waals surface area contributed by atoms with E-state index in [1.54, 1.807) is 11.0 Å². The van der Waals surface area contributed by atoms with Crippen molar-refractivity contribution < 1.29 is 14.3 Å². The van der Waals surface area contributed by atoms with Gasteiger partial charge in [0, 0.05) is 22.8 Å². The van der Waals surface area contributed by atoms with Crippen molar-refractivity contribution in [2.45, 2.75) is 12.8 Å². The molecule has 0 atom stereocenters. The number of esters is 1. The maximum atomic E-state index is 12.4. The molecule has 1 amide bonds. The van der Waals surface area contributed by atoms with Crippen LogP contribution in [0.25, 0.3) is 6.08 Å². The van der Waals surface area contributed by atoms with Gasteiger partial charge in [-0.15, -0.1) is 0 Å². The molecule has 5 heteroatoms. The summed E-state index contributed by atoms with van der Waals surface area (Å²) in [4.78, 5) is 26.0. The molecule has 0 aromatic heterocycles. The minimum atomic E-state index is -0.533. The number of para-hydroxylation sites is 1. The molecule has 25 heavy (non-hydrogen) atoms. The van der Waals surface area contributed by atoms with Gasteiger partial charge in [-0.1, -0.05) is 52.3 Å². The number of carbonyl (C=O) groups is 2. The number of amides is 1. The maximum absolute atomic E-state index is 12.4. The van der Waals surface area contributed by atoms with Crippen molar-refractivity contribution in [1.82, 2.24) is 0 Å². The quantitative estimate of drug-likeness (QED) is 0.576. The highest BCUT2D eigenvalue weighted by Gasteiger charge is 2.22. The molecule has 0 N–H and O–H groups in total. The fraction of sp³-hybridized carbons (Fsp3) is 0.200.